The highest BCUT2D eigenvalue weighted by atomic mass is 16.5. The normalized spacial score (nSPS) is 10.4. The molecule has 6 heteroatoms. The number of nitrogens with one attached hydrogen (secondary N) is 1. The summed E-state index contributed by atoms with van der Waals surface area (Å²) < 4.78 is 4.84. The van der Waals surface area contributed by atoms with Crippen molar-refractivity contribution in [3.63, 3.8) is 0 Å². The Kier molecular flexibility index (Phi) is 4.63. The van der Waals surface area contributed by atoms with Gasteiger partial charge in [-0.05, 0) is 11.1 Å². The lowest BCUT2D eigenvalue weighted by Crippen LogP contribution is -2.27. The minimum atomic E-state index is -0.0413. The van der Waals surface area contributed by atoms with Gasteiger partial charge in [-0.3, -0.25) is 4.79 Å². The number of rotatable bonds is 6. The van der Waals surface area contributed by atoms with Gasteiger partial charge in [-0.15, -0.1) is 0 Å². The largest absolute Gasteiger partial charge is 0.355 e. The standard InChI is InChI=1S/C13H16N4O2/c14-8-11-4-2-1-3-10(11)7-12(18)15-6-5-13-16-9-17-19-13/h1-4,9H,5-8,14H2,(H,15,18). The predicted molar refractivity (Wildman–Crippen MR) is 69.0 cm³/mol. The number of nitrogens with zero attached hydrogens (tertiary/aromatic N) is 2. The molecule has 1 aromatic heterocycles. The lowest BCUT2D eigenvalue weighted by Gasteiger charge is -2.07. The smallest absolute Gasteiger partial charge is 0.228 e. The lowest BCUT2D eigenvalue weighted by atomic mass is 10.0. The van der Waals surface area contributed by atoms with Crippen LogP contribution in [0.25, 0.3) is 0 Å². The predicted octanol–water partition coefficient (Wildman–Crippen LogP) is 0.430. The van der Waals surface area contributed by atoms with Crippen LogP contribution in [0.5, 0.6) is 0 Å². The Hall–Kier alpha value is -2.21. The van der Waals surface area contributed by atoms with E-state index in [2.05, 4.69) is 15.5 Å². The fourth-order valence-corrected chi connectivity index (χ4v) is 1.78. The van der Waals surface area contributed by atoms with Gasteiger partial charge in [0.25, 0.3) is 0 Å². The molecule has 6 nitrogen and oxygen atoms in total. The van der Waals surface area contributed by atoms with E-state index in [0.29, 0.717) is 31.8 Å². The molecule has 0 aliphatic carbocycles. The third-order valence-electron chi connectivity index (χ3n) is 2.76. The molecule has 19 heavy (non-hydrogen) atoms. The third-order valence-corrected chi connectivity index (χ3v) is 2.76. The van der Waals surface area contributed by atoms with Crippen LogP contribution >= 0.6 is 0 Å². The van der Waals surface area contributed by atoms with Gasteiger partial charge in [0.1, 0.15) is 0 Å². The summed E-state index contributed by atoms with van der Waals surface area (Å²) in [4.78, 5) is 15.7. The first-order chi connectivity index (χ1) is 9.29. The first-order valence-corrected chi connectivity index (χ1v) is 6.08. The van der Waals surface area contributed by atoms with Crippen molar-refractivity contribution in [3.8, 4) is 0 Å². The highest BCUT2D eigenvalue weighted by Crippen LogP contribution is 2.08. The van der Waals surface area contributed by atoms with Crippen molar-refractivity contribution < 1.29 is 9.32 Å². The summed E-state index contributed by atoms with van der Waals surface area (Å²) in [5, 5.41) is 6.31. The Labute approximate surface area is 111 Å². The van der Waals surface area contributed by atoms with Crippen LogP contribution in [0.4, 0.5) is 0 Å². The first kappa shape index (κ1) is 13.2. The van der Waals surface area contributed by atoms with Crippen LogP contribution in [0.15, 0.2) is 35.1 Å². The second-order valence-corrected chi connectivity index (χ2v) is 4.08. The molecular formula is C13H16N4O2. The van der Waals surface area contributed by atoms with E-state index in [1.54, 1.807) is 0 Å². The maximum Gasteiger partial charge on any atom is 0.228 e. The van der Waals surface area contributed by atoms with Gasteiger partial charge in [0.05, 0.1) is 6.42 Å². The van der Waals surface area contributed by atoms with Crippen LogP contribution in [0, 0.1) is 0 Å². The van der Waals surface area contributed by atoms with Crippen molar-refractivity contribution in [1.29, 1.82) is 0 Å². The summed E-state index contributed by atoms with van der Waals surface area (Å²) in [6.45, 7) is 0.914. The van der Waals surface area contributed by atoms with E-state index in [1.165, 1.54) is 6.33 Å². The van der Waals surface area contributed by atoms with Gasteiger partial charge >= 0.3 is 0 Å². The van der Waals surface area contributed by atoms with Gasteiger partial charge in [0.2, 0.25) is 11.8 Å². The second-order valence-electron chi connectivity index (χ2n) is 4.08. The highest BCUT2D eigenvalue weighted by Gasteiger charge is 2.07. The number of amides is 1. The number of aromatic nitrogens is 2. The third kappa shape index (κ3) is 3.89. The Morgan fingerprint density at radius 1 is 1.32 bits per heavy atom. The van der Waals surface area contributed by atoms with Crippen LogP contribution in [0.2, 0.25) is 0 Å². The highest BCUT2D eigenvalue weighted by molar-refractivity contribution is 5.78. The fourth-order valence-electron chi connectivity index (χ4n) is 1.78. The Morgan fingerprint density at radius 2 is 2.11 bits per heavy atom. The number of hydrogen-bond donors (Lipinski definition) is 2. The number of nitrogens with two attached hydrogens (primary N) is 1. The van der Waals surface area contributed by atoms with Crippen molar-refractivity contribution in [2.45, 2.75) is 19.4 Å². The average molecular weight is 260 g/mol. The van der Waals surface area contributed by atoms with Crippen molar-refractivity contribution in [2.24, 2.45) is 5.73 Å². The number of benzene rings is 1. The maximum atomic E-state index is 11.8. The monoisotopic (exact) mass is 260 g/mol. The summed E-state index contributed by atoms with van der Waals surface area (Å²) >= 11 is 0. The zero-order valence-corrected chi connectivity index (χ0v) is 10.5. The van der Waals surface area contributed by atoms with Gasteiger partial charge in [-0.25, -0.2) is 0 Å². The van der Waals surface area contributed by atoms with Crippen molar-refractivity contribution >= 4 is 5.91 Å². The van der Waals surface area contributed by atoms with E-state index < -0.39 is 0 Å². The Balaban J connectivity index is 1.80. The zero-order chi connectivity index (χ0) is 13.5. The fraction of sp³-hybridized carbons (Fsp3) is 0.308. The van der Waals surface area contributed by atoms with Crippen LogP contribution in [-0.2, 0) is 24.2 Å². The van der Waals surface area contributed by atoms with E-state index in [4.69, 9.17) is 10.3 Å². The molecule has 0 saturated heterocycles. The quantitative estimate of drug-likeness (QED) is 0.785. The van der Waals surface area contributed by atoms with Crippen LogP contribution in [-0.4, -0.2) is 22.6 Å². The topological polar surface area (TPSA) is 94.0 Å². The first-order valence-electron chi connectivity index (χ1n) is 6.08. The second kappa shape index (κ2) is 6.65. The molecular weight excluding hydrogens is 244 g/mol. The Morgan fingerprint density at radius 3 is 2.79 bits per heavy atom. The van der Waals surface area contributed by atoms with Crippen LogP contribution < -0.4 is 11.1 Å². The summed E-state index contributed by atoms with van der Waals surface area (Å²) in [5.74, 6) is 0.475. The zero-order valence-electron chi connectivity index (χ0n) is 10.5. The van der Waals surface area contributed by atoms with E-state index in [9.17, 15) is 4.79 Å². The molecule has 0 unspecified atom stereocenters. The number of carbonyl (C=O) groups excluding carboxylic acids is 1. The molecule has 100 valence electrons. The van der Waals surface area contributed by atoms with E-state index >= 15 is 0 Å². The maximum absolute atomic E-state index is 11.8. The number of hydrogen-bond acceptors (Lipinski definition) is 5. The molecule has 0 aliphatic rings. The summed E-state index contributed by atoms with van der Waals surface area (Å²) in [5.41, 5.74) is 7.58. The molecule has 0 atom stereocenters. The summed E-state index contributed by atoms with van der Waals surface area (Å²) in [6.07, 6.45) is 2.20. The van der Waals surface area contributed by atoms with Crippen molar-refractivity contribution in [2.75, 3.05) is 6.54 Å². The SMILES string of the molecule is NCc1ccccc1CC(=O)NCCc1ncno1. The minimum Gasteiger partial charge on any atom is -0.355 e. The van der Waals surface area contributed by atoms with Crippen LogP contribution in [0.3, 0.4) is 0 Å². The molecule has 1 aromatic carbocycles. The van der Waals surface area contributed by atoms with E-state index in [1.807, 2.05) is 24.3 Å². The molecule has 0 saturated carbocycles. The molecule has 0 fully saturated rings. The molecule has 0 aliphatic heterocycles. The minimum absolute atomic E-state index is 0.0413. The van der Waals surface area contributed by atoms with E-state index in [0.717, 1.165) is 11.1 Å². The average Bonchev–Trinajstić information content (AvgIpc) is 2.92. The van der Waals surface area contributed by atoms with Gasteiger partial charge in [0.15, 0.2) is 6.33 Å². The van der Waals surface area contributed by atoms with Crippen molar-refractivity contribution in [1.82, 2.24) is 15.5 Å². The number of carbonyl (C=O) groups is 1. The van der Waals surface area contributed by atoms with Gasteiger partial charge in [0, 0.05) is 19.5 Å². The summed E-state index contributed by atoms with van der Waals surface area (Å²) in [6, 6.07) is 7.67. The molecule has 0 spiro atoms. The molecule has 2 aromatic rings. The van der Waals surface area contributed by atoms with Gasteiger partial charge in [-0.2, -0.15) is 4.98 Å². The van der Waals surface area contributed by atoms with E-state index in [-0.39, 0.29) is 5.91 Å². The molecule has 2 rings (SSSR count). The molecule has 0 radical (unpaired) electrons. The van der Waals surface area contributed by atoms with Crippen LogP contribution in [0.1, 0.15) is 17.0 Å². The molecule has 0 bridgehead atoms. The molecule has 3 N–H and O–H groups in total. The van der Waals surface area contributed by atoms with Gasteiger partial charge in [-0.1, -0.05) is 29.4 Å². The van der Waals surface area contributed by atoms with Gasteiger partial charge < -0.3 is 15.6 Å². The summed E-state index contributed by atoms with van der Waals surface area (Å²) in [7, 11) is 0. The Bertz CT molecular complexity index is 525. The molecule has 1 heterocycles. The van der Waals surface area contributed by atoms with Crippen molar-refractivity contribution in [3.05, 3.63) is 47.6 Å². The lowest BCUT2D eigenvalue weighted by molar-refractivity contribution is -0.120. The molecule has 1 amide bonds.